The van der Waals surface area contributed by atoms with E-state index in [9.17, 15) is 14.4 Å². The molecule has 4 nitrogen and oxygen atoms in total. The third kappa shape index (κ3) is 2.75. The monoisotopic (exact) mass is 410 g/mol. The van der Waals surface area contributed by atoms with E-state index in [0.29, 0.717) is 11.8 Å². The molecule has 0 radical (unpaired) electrons. The van der Waals surface area contributed by atoms with Crippen molar-refractivity contribution >= 4 is 17.5 Å². The Morgan fingerprint density at radius 1 is 1.23 bits per heavy atom. The molecule has 0 amide bonds. The minimum absolute atomic E-state index is 0.0668. The standard InChI is InChI=1S/C26H34O4/c1-6-17-14-22-20-8-7-18-13-19(28)9-11-24(18,3)21(20)10-12-25(22,4)26(17,5)23(29)15-30-16(2)27/h9-11,13,17,20,22H,6-8,12,14-15H2,1-5H3/t17-,20?,22?,24+,25+,26-/m1/s1. The molecular formula is C26H34O4. The van der Waals surface area contributed by atoms with Crippen molar-refractivity contribution in [3.63, 3.8) is 0 Å². The largest absolute Gasteiger partial charge is 0.458 e. The predicted octanol–water partition coefficient (Wildman–Crippen LogP) is 4.99. The SMILES string of the molecule is CC[C@@H]1CC2C3CCC4=CC(=O)C=C[C@]4(C)C3=CC[C@]2(C)[C@@]1(C)C(=O)COC(C)=O. The van der Waals surface area contributed by atoms with Crippen molar-refractivity contribution in [1.82, 2.24) is 0 Å². The van der Waals surface area contributed by atoms with Crippen LogP contribution in [0.1, 0.15) is 66.7 Å². The van der Waals surface area contributed by atoms with E-state index in [1.807, 2.05) is 6.08 Å². The lowest BCUT2D eigenvalue weighted by molar-refractivity contribution is -0.153. The summed E-state index contributed by atoms with van der Waals surface area (Å²) in [6.07, 6.45) is 12.9. The lowest BCUT2D eigenvalue weighted by Crippen LogP contribution is -2.51. The smallest absolute Gasteiger partial charge is 0.303 e. The van der Waals surface area contributed by atoms with Gasteiger partial charge < -0.3 is 4.74 Å². The number of hydrogen-bond acceptors (Lipinski definition) is 4. The van der Waals surface area contributed by atoms with Crippen LogP contribution in [0.3, 0.4) is 0 Å². The molecule has 4 aliphatic carbocycles. The summed E-state index contributed by atoms with van der Waals surface area (Å²) in [7, 11) is 0. The minimum Gasteiger partial charge on any atom is -0.458 e. The van der Waals surface area contributed by atoms with Crippen LogP contribution in [0.2, 0.25) is 0 Å². The number of Topliss-reactive ketones (excluding diaryl/α,β-unsaturated/α-hetero) is 1. The van der Waals surface area contributed by atoms with Crippen LogP contribution in [0.5, 0.6) is 0 Å². The third-order valence-electron chi connectivity index (χ3n) is 9.36. The Morgan fingerprint density at radius 2 is 1.97 bits per heavy atom. The lowest BCUT2D eigenvalue weighted by atomic mass is 9.49. The summed E-state index contributed by atoms with van der Waals surface area (Å²) >= 11 is 0. The molecule has 0 heterocycles. The van der Waals surface area contributed by atoms with Gasteiger partial charge in [0.25, 0.3) is 0 Å². The summed E-state index contributed by atoms with van der Waals surface area (Å²) < 4.78 is 5.15. The summed E-state index contributed by atoms with van der Waals surface area (Å²) in [6.45, 7) is 10.1. The highest BCUT2D eigenvalue weighted by atomic mass is 16.5. The van der Waals surface area contributed by atoms with Gasteiger partial charge in [0.2, 0.25) is 0 Å². The number of allylic oxidation sites excluding steroid dienone is 6. The van der Waals surface area contributed by atoms with Crippen LogP contribution in [0, 0.1) is 34.0 Å². The van der Waals surface area contributed by atoms with Gasteiger partial charge in [-0.1, -0.05) is 50.5 Å². The summed E-state index contributed by atoms with van der Waals surface area (Å²) in [4.78, 5) is 36.7. The number of carbonyl (C=O) groups is 3. The molecule has 2 saturated carbocycles. The average Bonchev–Trinajstić information content (AvgIpc) is 2.94. The zero-order chi connectivity index (χ0) is 21.9. The molecule has 162 valence electrons. The Balaban J connectivity index is 1.73. The molecular weight excluding hydrogens is 376 g/mol. The highest BCUT2D eigenvalue weighted by Gasteiger charge is 2.65. The molecule has 0 bridgehead atoms. The molecule has 30 heavy (non-hydrogen) atoms. The van der Waals surface area contributed by atoms with E-state index in [1.165, 1.54) is 18.1 Å². The van der Waals surface area contributed by atoms with Crippen LogP contribution < -0.4 is 0 Å². The summed E-state index contributed by atoms with van der Waals surface area (Å²) in [5, 5.41) is 0. The topological polar surface area (TPSA) is 60.4 Å². The number of ether oxygens (including phenoxy) is 1. The van der Waals surface area contributed by atoms with Crippen molar-refractivity contribution in [2.75, 3.05) is 6.61 Å². The highest BCUT2D eigenvalue weighted by molar-refractivity contribution is 6.01. The fourth-order valence-corrected chi connectivity index (χ4v) is 7.36. The zero-order valence-corrected chi connectivity index (χ0v) is 18.9. The van der Waals surface area contributed by atoms with Gasteiger partial charge in [-0.25, -0.2) is 0 Å². The van der Waals surface area contributed by atoms with E-state index in [4.69, 9.17) is 4.74 Å². The molecule has 0 aromatic rings. The van der Waals surface area contributed by atoms with Crippen LogP contribution in [0.25, 0.3) is 0 Å². The first kappa shape index (κ1) is 21.3. The Bertz CT molecular complexity index is 893. The lowest BCUT2D eigenvalue weighted by Gasteiger charge is -2.54. The number of carbonyl (C=O) groups excluding carboxylic acids is 3. The molecule has 4 heteroatoms. The highest BCUT2D eigenvalue weighted by Crippen LogP contribution is 2.70. The molecule has 2 fully saturated rings. The van der Waals surface area contributed by atoms with E-state index >= 15 is 0 Å². The van der Waals surface area contributed by atoms with Crippen LogP contribution in [0.15, 0.2) is 35.5 Å². The molecule has 4 rings (SSSR count). The van der Waals surface area contributed by atoms with E-state index in [-0.39, 0.29) is 34.9 Å². The zero-order valence-electron chi connectivity index (χ0n) is 18.9. The van der Waals surface area contributed by atoms with Gasteiger partial charge >= 0.3 is 5.97 Å². The first-order valence-electron chi connectivity index (χ1n) is 11.4. The predicted molar refractivity (Wildman–Crippen MR) is 116 cm³/mol. The van der Waals surface area contributed by atoms with Crippen molar-refractivity contribution in [2.24, 2.45) is 34.0 Å². The van der Waals surface area contributed by atoms with Gasteiger partial charge in [0, 0.05) is 17.8 Å². The second kappa shape index (κ2) is 7.03. The van der Waals surface area contributed by atoms with Crippen LogP contribution in [-0.4, -0.2) is 24.1 Å². The van der Waals surface area contributed by atoms with Crippen LogP contribution >= 0.6 is 0 Å². The Morgan fingerprint density at radius 3 is 2.63 bits per heavy atom. The fourth-order valence-electron chi connectivity index (χ4n) is 7.36. The molecule has 0 aliphatic heterocycles. The number of fused-ring (bicyclic) bond motifs is 5. The van der Waals surface area contributed by atoms with E-state index < -0.39 is 11.4 Å². The van der Waals surface area contributed by atoms with Crippen molar-refractivity contribution in [3.8, 4) is 0 Å². The number of ketones is 2. The number of esters is 1. The van der Waals surface area contributed by atoms with Gasteiger partial charge in [-0.2, -0.15) is 0 Å². The fraction of sp³-hybridized carbons (Fsp3) is 0.654. The van der Waals surface area contributed by atoms with Crippen molar-refractivity contribution in [2.45, 2.75) is 66.7 Å². The van der Waals surface area contributed by atoms with Crippen molar-refractivity contribution < 1.29 is 19.1 Å². The molecule has 0 saturated heterocycles. The molecule has 0 aromatic heterocycles. The number of rotatable bonds is 4. The van der Waals surface area contributed by atoms with Crippen LogP contribution in [0.4, 0.5) is 0 Å². The van der Waals surface area contributed by atoms with Gasteiger partial charge in [0.15, 0.2) is 18.2 Å². The molecule has 0 N–H and O–H groups in total. The summed E-state index contributed by atoms with van der Waals surface area (Å²) in [6, 6.07) is 0. The molecule has 0 aromatic carbocycles. The van der Waals surface area contributed by atoms with Crippen LogP contribution in [-0.2, 0) is 19.1 Å². The van der Waals surface area contributed by atoms with Gasteiger partial charge in [0.1, 0.15) is 0 Å². The second-order valence-electron chi connectivity index (χ2n) is 10.4. The van der Waals surface area contributed by atoms with E-state index in [1.54, 1.807) is 6.08 Å². The average molecular weight is 411 g/mol. The van der Waals surface area contributed by atoms with E-state index in [0.717, 1.165) is 32.1 Å². The Hall–Kier alpha value is -1.97. The normalized spacial score (nSPS) is 41.9. The third-order valence-corrected chi connectivity index (χ3v) is 9.36. The summed E-state index contributed by atoms with van der Waals surface area (Å²) in [5.41, 5.74) is 1.86. The van der Waals surface area contributed by atoms with Gasteiger partial charge in [0.05, 0.1) is 0 Å². The number of hydrogen-bond donors (Lipinski definition) is 0. The molecule has 0 spiro atoms. The molecule has 4 aliphatic rings. The van der Waals surface area contributed by atoms with E-state index in [2.05, 4.69) is 39.8 Å². The first-order chi connectivity index (χ1) is 14.1. The van der Waals surface area contributed by atoms with Crippen molar-refractivity contribution in [1.29, 1.82) is 0 Å². The quantitative estimate of drug-likeness (QED) is 0.484. The summed E-state index contributed by atoms with van der Waals surface area (Å²) in [5.74, 6) is 0.911. The molecule has 6 atom stereocenters. The Labute approximate surface area is 179 Å². The molecule has 2 unspecified atom stereocenters. The maximum Gasteiger partial charge on any atom is 0.303 e. The Kier molecular flexibility index (Phi) is 4.99. The van der Waals surface area contributed by atoms with Crippen molar-refractivity contribution in [3.05, 3.63) is 35.5 Å². The maximum absolute atomic E-state index is 13.4. The van der Waals surface area contributed by atoms with Gasteiger partial charge in [-0.15, -0.1) is 0 Å². The first-order valence-corrected chi connectivity index (χ1v) is 11.4. The minimum atomic E-state index is -0.501. The van der Waals surface area contributed by atoms with Gasteiger partial charge in [-0.3, -0.25) is 14.4 Å². The maximum atomic E-state index is 13.4. The van der Waals surface area contributed by atoms with Gasteiger partial charge in [-0.05, 0) is 67.9 Å². The second-order valence-corrected chi connectivity index (χ2v) is 10.4.